The van der Waals surface area contributed by atoms with Gasteiger partial charge in [0, 0.05) is 28.1 Å². The second kappa shape index (κ2) is 8.21. The molecule has 0 saturated heterocycles. The van der Waals surface area contributed by atoms with Crippen molar-refractivity contribution < 1.29 is 14.3 Å². The fourth-order valence-electron chi connectivity index (χ4n) is 2.46. The van der Waals surface area contributed by atoms with Gasteiger partial charge in [0.05, 0.1) is 14.2 Å². The molecular formula is C19H17ClN2O3S. The first-order valence-corrected chi connectivity index (χ1v) is 9.07. The lowest BCUT2D eigenvalue weighted by molar-refractivity contribution is 0.0946. The summed E-state index contributed by atoms with van der Waals surface area (Å²) in [5.41, 5.74) is 2.13. The molecule has 0 spiro atoms. The standard InChI is InChI=1S/C19H17ClN2O3S/c1-24-16-5-3-4-13(17(16)25-2)10-21-18(23)15-11-26-19(22-15)12-6-8-14(20)9-7-12/h3-9,11H,10H2,1-2H3,(H,21,23). The zero-order chi connectivity index (χ0) is 18.5. The number of carbonyl (C=O) groups excluding carboxylic acids is 1. The van der Waals surface area contributed by atoms with Crippen LogP contribution in [0.3, 0.4) is 0 Å². The topological polar surface area (TPSA) is 60.5 Å². The minimum Gasteiger partial charge on any atom is -0.493 e. The van der Waals surface area contributed by atoms with Crippen LogP contribution >= 0.6 is 22.9 Å². The van der Waals surface area contributed by atoms with Crippen LogP contribution in [0.25, 0.3) is 10.6 Å². The molecule has 0 aliphatic carbocycles. The summed E-state index contributed by atoms with van der Waals surface area (Å²) in [5, 5.41) is 6.03. The molecule has 0 unspecified atom stereocenters. The lowest BCUT2D eigenvalue weighted by Crippen LogP contribution is -2.23. The molecule has 7 heteroatoms. The Hall–Kier alpha value is -2.57. The highest BCUT2D eigenvalue weighted by atomic mass is 35.5. The van der Waals surface area contributed by atoms with E-state index in [9.17, 15) is 4.79 Å². The maximum atomic E-state index is 12.4. The molecule has 0 aliphatic rings. The number of nitrogens with zero attached hydrogens (tertiary/aromatic N) is 1. The van der Waals surface area contributed by atoms with Crippen LogP contribution in [-0.2, 0) is 6.54 Å². The maximum absolute atomic E-state index is 12.4. The Kier molecular flexibility index (Phi) is 5.75. The van der Waals surface area contributed by atoms with Crippen LogP contribution in [-0.4, -0.2) is 25.1 Å². The summed E-state index contributed by atoms with van der Waals surface area (Å²) in [6.45, 7) is 0.313. The molecule has 0 aliphatic heterocycles. The summed E-state index contributed by atoms with van der Waals surface area (Å²) in [4.78, 5) is 16.8. The van der Waals surface area contributed by atoms with Crippen LogP contribution in [0.1, 0.15) is 16.1 Å². The number of para-hydroxylation sites is 1. The number of thiazole rings is 1. The number of aromatic nitrogens is 1. The number of ether oxygens (including phenoxy) is 2. The van der Waals surface area contributed by atoms with Crippen molar-refractivity contribution in [1.29, 1.82) is 0 Å². The molecule has 3 rings (SSSR count). The van der Waals surface area contributed by atoms with Crippen LogP contribution in [0.5, 0.6) is 11.5 Å². The first kappa shape index (κ1) is 18.2. The molecule has 1 heterocycles. The zero-order valence-electron chi connectivity index (χ0n) is 14.3. The third-order valence-corrected chi connectivity index (χ3v) is 4.90. The van der Waals surface area contributed by atoms with Gasteiger partial charge >= 0.3 is 0 Å². The van der Waals surface area contributed by atoms with Crippen molar-refractivity contribution in [3.05, 3.63) is 64.1 Å². The van der Waals surface area contributed by atoms with Gasteiger partial charge in [-0.25, -0.2) is 4.98 Å². The van der Waals surface area contributed by atoms with Gasteiger partial charge in [0.1, 0.15) is 10.7 Å². The summed E-state index contributed by atoms with van der Waals surface area (Å²) >= 11 is 7.31. The van der Waals surface area contributed by atoms with Gasteiger partial charge in [-0.05, 0) is 18.2 Å². The van der Waals surface area contributed by atoms with Gasteiger partial charge in [0.2, 0.25) is 0 Å². The predicted octanol–water partition coefficient (Wildman–Crippen LogP) is 4.41. The molecular weight excluding hydrogens is 372 g/mol. The Morgan fingerprint density at radius 1 is 1.15 bits per heavy atom. The van der Waals surface area contributed by atoms with Crippen molar-refractivity contribution in [2.24, 2.45) is 0 Å². The van der Waals surface area contributed by atoms with E-state index in [1.807, 2.05) is 30.3 Å². The van der Waals surface area contributed by atoms with E-state index < -0.39 is 0 Å². The van der Waals surface area contributed by atoms with Gasteiger partial charge in [-0.2, -0.15) is 0 Å². The van der Waals surface area contributed by atoms with E-state index >= 15 is 0 Å². The number of amides is 1. The monoisotopic (exact) mass is 388 g/mol. The highest BCUT2D eigenvalue weighted by Crippen LogP contribution is 2.30. The first-order chi connectivity index (χ1) is 12.6. The quantitative estimate of drug-likeness (QED) is 0.679. The number of halogens is 1. The highest BCUT2D eigenvalue weighted by Gasteiger charge is 2.14. The Bertz CT molecular complexity index is 909. The fraction of sp³-hybridized carbons (Fsp3) is 0.158. The molecule has 134 valence electrons. The number of rotatable bonds is 6. The number of hydrogen-bond donors (Lipinski definition) is 1. The largest absolute Gasteiger partial charge is 0.493 e. The predicted molar refractivity (Wildman–Crippen MR) is 103 cm³/mol. The number of nitrogens with one attached hydrogen (secondary N) is 1. The highest BCUT2D eigenvalue weighted by molar-refractivity contribution is 7.13. The first-order valence-electron chi connectivity index (χ1n) is 7.82. The van der Waals surface area contributed by atoms with Gasteiger partial charge in [-0.1, -0.05) is 35.9 Å². The van der Waals surface area contributed by atoms with E-state index in [0.717, 1.165) is 16.1 Å². The average Bonchev–Trinajstić information content (AvgIpc) is 3.16. The lowest BCUT2D eigenvalue weighted by atomic mass is 10.2. The Morgan fingerprint density at radius 3 is 2.62 bits per heavy atom. The molecule has 3 aromatic rings. The molecule has 0 bridgehead atoms. The van der Waals surface area contributed by atoms with Crippen molar-refractivity contribution in [3.8, 4) is 22.1 Å². The molecule has 2 aromatic carbocycles. The van der Waals surface area contributed by atoms with E-state index in [2.05, 4.69) is 10.3 Å². The Labute approximate surface area is 160 Å². The van der Waals surface area contributed by atoms with E-state index in [0.29, 0.717) is 28.8 Å². The second-order valence-corrected chi connectivity index (χ2v) is 6.67. The van der Waals surface area contributed by atoms with Crippen LogP contribution in [0.2, 0.25) is 5.02 Å². The van der Waals surface area contributed by atoms with E-state index in [4.69, 9.17) is 21.1 Å². The minimum atomic E-state index is -0.244. The second-order valence-electron chi connectivity index (χ2n) is 5.38. The van der Waals surface area contributed by atoms with Crippen molar-refractivity contribution >= 4 is 28.8 Å². The zero-order valence-corrected chi connectivity index (χ0v) is 15.9. The maximum Gasteiger partial charge on any atom is 0.271 e. The third-order valence-electron chi connectivity index (χ3n) is 3.75. The summed E-state index contributed by atoms with van der Waals surface area (Å²) in [6.07, 6.45) is 0. The molecule has 0 atom stereocenters. The molecule has 0 radical (unpaired) electrons. The van der Waals surface area contributed by atoms with E-state index in [-0.39, 0.29) is 5.91 Å². The Balaban J connectivity index is 1.71. The van der Waals surface area contributed by atoms with Gasteiger partial charge in [0.15, 0.2) is 11.5 Å². The number of hydrogen-bond acceptors (Lipinski definition) is 5. The molecule has 0 fully saturated rings. The minimum absolute atomic E-state index is 0.244. The fourth-order valence-corrected chi connectivity index (χ4v) is 3.39. The summed E-state index contributed by atoms with van der Waals surface area (Å²) < 4.78 is 10.6. The molecule has 0 saturated carbocycles. The van der Waals surface area contributed by atoms with Crippen molar-refractivity contribution in [2.45, 2.75) is 6.54 Å². The smallest absolute Gasteiger partial charge is 0.271 e. The van der Waals surface area contributed by atoms with Crippen molar-refractivity contribution in [1.82, 2.24) is 10.3 Å². The summed E-state index contributed by atoms with van der Waals surface area (Å²) in [7, 11) is 3.15. The third kappa shape index (κ3) is 3.98. The van der Waals surface area contributed by atoms with E-state index in [1.165, 1.54) is 11.3 Å². The normalized spacial score (nSPS) is 10.4. The molecule has 1 N–H and O–H groups in total. The van der Waals surface area contributed by atoms with Gasteiger partial charge in [0.25, 0.3) is 5.91 Å². The number of carbonyl (C=O) groups is 1. The van der Waals surface area contributed by atoms with E-state index in [1.54, 1.807) is 31.7 Å². The van der Waals surface area contributed by atoms with Gasteiger partial charge in [-0.3, -0.25) is 4.79 Å². The number of methoxy groups -OCH3 is 2. The molecule has 26 heavy (non-hydrogen) atoms. The van der Waals surface area contributed by atoms with Crippen molar-refractivity contribution in [3.63, 3.8) is 0 Å². The van der Waals surface area contributed by atoms with Crippen molar-refractivity contribution in [2.75, 3.05) is 14.2 Å². The average molecular weight is 389 g/mol. The molecule has 5 nitrogen and oxygen atoms in total. The molecule has 1 aromatic heterocycles. The van der Waals surface area contributed by atoms with Crippen LogP contribution in [0.4, 0.5) is 0 Å². The summed E-state index contributed by atoms with van der Waals surface area (Å²) in [6, 6.07) is 12.9. The molecule has 1 amide bonds. The van der Waals surface area contributed by atoms with Gasteiger partial charge in [-0.15, -0.1) is 11.3 Å². The van der Waals surface area contributed by atoms with Crippen LogP contribution < -0.4 is 14.8 Å². The van der Waals surface area contributed by atoms with Crippen LogP contribution in [0, 0.1) is 0 Å². The van der Waals surface area contributed by atoms with Crippen LogP contribution in [0.15, 0.2) is 47.8 Å². The number of benzene rings is 2. The Morgan fingerprint density at radius 2 is 1.92 bits per heavy atom. The van der Waals surface area contributed by atoms with Gasteiger partial charge < -0.3 is 14.8 Å². The SMILES string of the molecule is COc1cccc(CNC(=O)c2csc(-c3ccc(Cl)cc3)n2)c1OC. The summed E-state index contributed by atoms with van der Waals surface area (Å²) in [5.74, 6) is 0.986. The lowest BCUT2D eigenvalue weighted by Gasteiger charge is -2.12.